The monoisotopic (exact) mass is 406 g/mol. The summed E-state index contributed by atoms with van der Waals surface area (Å²) in [4.78, 5) is 20.8. The topological polar surface area (TPSA) is 98.7 Å². The van der Waals surface area contributed by atoms with E-state index in [1.165, 1.54) is 12.1 Å². The average Bonchev–Trinajstić information content (AvgIpc) is 3.34. The largest absolute Gasteiger partial charge is 0.339 e. The van der Waals surface area contributed by atoms with Gasteiger partial charge in [0.05, 0.1) is 17.6 Å². The van der Waals surface area contributed by atoms with Crippen LogP contribution in [0, 0.1) is 19.7 Å². The third-order valence-electron chi connectivity index (χ3n) is 4.39. The number of hydrogen-bond acceptors (Lipinski definition) is 6. The molecule has 1 aromatic carbocycles. The fourth-order valence-electron chi connectivity index (χ4n) is 2.96. The van der Waals surface area contributed by atoms with Crippen LogP contribution in [0.25, 0.3) is 17.2 Å². The first-order chi connectivity index (χ1) is 14.5. The molecule has 0 fully saturated rings. The minimum atomic E-state index is -0.337. The lowest BCUT2D eigenvalue weighted by Gasteiger charge is -2.06. The van der Waals surface area contributed by atoms with Crippen LogP contribution in [0.2, 0.25) is 0 Å². The fourth-order valence-corrected chi connectivity index (χ4v) is 2.96. The maximum atomic E-state index is 13.0. The summed E-state index contributed by atoms with van der Waals surface area (Å²) < 4.78 is 19.9. The van der Waals surface area contributed by atoms with Gasteiger partial charge < -0.3 is 9.84 Å². The Morgan fingerprint density at radius 3 is 2.63 bits per heavy atom. The van der Waals surface area contributed by atoms with Crippen molar-refractivity contribution in [1.29, 1.82) is 0 Å². The van der Waals surface area contributed by atoms with Gasteiger partial charge in [-0.1, -0.05) is 5.16 Å². The van der Waals surface area contributed by atoms with Gasteiger partial charge in [-0.3, -0.25) is 4.79 Å². The number of aryl methyl sites for hydroxylation is 3. The Kier molecular flexibility index (Phi) is 5.34. The SMILES string of the molecule is Cc1cc(C)n(-c2ccc(NC(=O)CCc3nc(-c4ccc(F)cc4)no3)cn2)n1. The average molecular weight is 406 g/mol. The van der Waals surface area contributed by atoms with E-state index in [-0.39, 0.29) is 24.6 Å². The van der Waals surface area contributed by atoms with Crippen molar-refractivity contribution in [3.8, 4) is 17.2 Å². The number of hydrogen-bond donors (Lipinski definition) is 1. The van der Waals surface area contributed by atoms with Crippen LogP contribution >= 0.6 is 0 Å². The number of benzene rings is 1. The summed E-state index contributed by atoms with van der Waals surface area (Å²) in [5.41, 5.74) is 3.12. The highest BCUT2D eigenvalue weighted by atomic mass is 19.1. The second kappa shape index (κ2) is 8.24. The van der Waals surface area contributed by atoms with E-state index in [0.717, 1.165) is 11.4 Å². The van der Waals surface area contributed by atoms with E-state index in [4.69, 9.17) is 4.52 Å². The van der Waals surface area contributed by atoms with Crippen molar-refractivity contribution in [2.75, 3.05) is 5.32 Å². The summed E-state index contributed by atoms with van der Waals surface area (Å²) in [5.74, 6) is 0.836. The molecular formula is C21H19FN6O2. The van der Waals surface area contributed by atoms with Crippen molar-refractivity contribution >= 4 is 11.6 Å². The van der Waals surface area contributed by atoms with Gasteiger partial charge >= 0.3 is 0 Å². The molecular weight excluding hydrogens is 387 g/mol. The fraction of sp³-hybridized carbons (Fsp3) is 0.190. The van der Waals surface area contributed by atoms with Crippen LogP contribution in [0.3, 0.4) is 0 Å². The number of nitrogens with one attached hydrogen (secondary N) is 1. The van der Waals surface area contributed by atoms with Crippen molar-refractivity contribution in [3.63, 3.8) is 0 Å². The molecule has 9 heteroatoms. The first-order valence-electron chi connectivity index (χ1n) is 9.36. The predicted molar refractivity (Wildman–Crippen MR) is 107 cm³/mol. The zero-order valence-corrected chi connectivity index (χ0v) is 16.5. The molecule has 3 aromatic heterocycles. The quantitative estimate of drug-likeness (QED) is 0.525. The summed E-state index contributed by atoms with van der Waals surface area (Å²) in [5, 5.41) is 11.0. The third kappa shape index (κ3) is 4.40. The molecule has 3 heterocycles. The van der Waals surface area contributed by atoms with Crippen molar-refractivity contribution in [2.45, 2.75) is 26.7 Å². The Bertz CT molecular complexity index is 1170. The van der Waals surface area contributed by atoms with E-state index in [1.807, 2.05) is 19.9 Å². The highest BCUT2D eigenvalue weighted by Crippen LogP contribution is 2.17. The number of nitrogens with zero attached hydrogens (tertiary/aromatic N) is 5. The second-order valence-corrected chi connectivity index (χ2v) is 6.81. The van der Waals surface area contributed by atoms with Crippen LogP contribution in [0.15, 0.2) is 53.2 Å². The number of halogens is 1. The second-order valence-electron chi connectivity index (χ2n) is 6.81. The molecule has 0 atom stereocenters. The molecule has 0 saturated carbocycles. The van der Waals surface area contributed by atoms with E-state index in [1.54, 1.807) is 35.1 Å². The summed E-state index contributed by atoms with van der Waals surface area (Å²) in [6.07, 6.45) is 2.05. The van der Waals surface area contributed by atoms with E-state index in [2.05, 4.69) is 25.5 Å². The molecule has 4 aromatic rings. The first-order valence-corrected chi connectivity index (χ1v) is 9.36. The van der Waals surface area contributed by atoms with Gasteiger partial charge in [-0.25, -0.2) is 14.1 Å². The lowest BCUT2D eigenvalue weighted by Crippen LogP contribution is -2.13. The molecule has 152 valence electrons. The molecule has 0 unspecified atom stereocenters. The van der Waals surface area contributed by atoms with Gasteiger partial charge in [0.1, 0.15) is 5.82 Å². The van der Waals surface area contributed by atoms with Gasteiger partial charge in [0.15, 0.2) is 5.82 Å². The molecule has 1 N–H and O–H groups in total. The Morgan fingerprint density at radius 2 is 1.97 bits per heavy atom. The van der Waals surface area contributed by atoms with Gasteiger partial charge in [0.2, 0.25) is 17.6 Å². The van der Waals surface area contributed by atoms with E-state index in [0.29, 0.717) is 28.8 Å². The molecule has 0 aliphatic heterocycles. The molecule has 0 spiro atoms. The zero-order valence-electron chi connectivity index (χ0n) is 16.5. The molecule has 8 nitrogen and oxygen atoms in total. The van der Waals surface area contributed by atoms with Gasteiger partial charge in [-0.2, -0.15) is 10.1 Å². The smallest absolute Gasteiger partial charge is 0.227 e. The van der Waals surface area contributed by atoms with Crippen molar-refractivity contribution < 1.29 is 13.7 Å². The number of rotatable bonds is 6. The summed E-state index contributed by atoms with van der Waals surface area (Å²) >= 11 is 0. The van der Waals surface area contributed by atoms with Crippen molar-refractivity contribution in [1.82, 2.24) is 24.9 Å². The van der Waals surface area contributed by atoms with Crippen LogP contribution in [-0.4, -0.2) is 30.8 Å². The number of amides is 1. The number of pyridine rings is 1. The first kappa shape index (κ1) is 19.4. The van der Waals surface area contributed by atoms with Crippen LogP contribution < -0.4 is 5.32 Å². The number of anilines is 1. The highest BCUT2D eigenvalue weighted by molar-refractivity contribution is 5.90. The lowest BCUT2D eigenvalue weighted by atomic mass is 10.2. The van der Waals surface area contributed by atoms with Crippen molar-refractivity contribution in [3.05, 3.63) is 71.8 Å². The zero-order chi connectivity index (χ0) is 21.1. The van der Waals surface area contributed by atoms with Gasteiger partial charge in [-0.05, 0) is 56.3 Å². The maximum Gasteiger partial charge on any atom is 0.227 e. The van der Waals surface area contributed by atoms with Crippen molar-refractivity contribution in [2.24, 2.45) is 0 Å². The molecule has 0 radical (unpaired) electrons. The summed E-state index contributed by atoms with van der Waals surface area (Å²) in [7, 11) is 0. The lowest BCUT2D eigenvalue weighted by molar-refractivity contribution is -0.116. The standard InChI is InChI=1S/C21H19FN6O2/c1-13-11-14(2)28(26-13)18-8-7-17(12-23-18)24-19(29)9-10-20-25-21(27-30-20)15-3-5-16(22)6-4-15/h3-8,11-12H,9-10H2,1-2H3,(H,24,29). The molecule has 1 amide bonds. The molecule has 0 saturated heterocycles. The Labute approximate surface area is 171 Å². The van der Waals surface area contributed by atoms with Crippen LogP contribution in [0.1, 0.15) is 23.7 Å². The molecule has 0 aliphatic rings. The summed E-state index contributed by atoms with van der Waals surface area (Å²) in [6, 6.07) is 11.3. The molecule has 0 aliphatic carbocycles. The molecule has 4 rings (SSSR count). The van der Waals surface area contributed by atoms with Gasteiger partial charge in [0, 0.05) is 24.1 Å². The summed E-state index contributed by atoms with van der Waals surface area (Å²) in [6.45, 7) is 3.88. The van der Waals surface area contributed by atoms with Crippen LogP contribution in [-0.2, 0) is 11.2 Å². The van der Waals surface area contributed by atoms with Gasteiger partial charge in [-0.15, -0.1) is 0 Å². The number of carbonyl (C=O) groups is 1. The minimum absolute atomic E-state index is 0.171. The Hall–Kier alpha value is -3.88. The minimum Gasteiger partial charge on any atom is -0.339 e. The normalized spacial score (nSPS) is 10.9. The Morgan fingerprint density at radius 1 is 1.17 bits per heavy atom. The predicted octanol–water partition coefficient (Wildman–Crippen LogP) is 3.64. The third-order valence-corrected chi connectivity index (χ3v) is 4.39. The number of aromatic nitrogens is 5. The van der Waals surface area contributed by atoms with E-state index in [9.17, 15) is 9.18 Å². The molecule has 0 bridgehead atoms. The Balaban J connectivity index is 1.33. The van der Waals surface area contributed by atoms with E-state index < -0.39 is 0 Å². The van der Waals surface area contributed by atoms with Gasteiger partial charge in [0.25, 0.3) is 0 Å². The van der Waals surface area contributed by atoms with Crippen LogP contribution in [0.4, 0.5) is 10.1 Å². The molecule has 30 heavy (non-hydrogen) atoms. The highest BCUT2D eigenvalue weighted by Gasteiger charge is 2.12. The van der Waals surface area contributed by atoms with Crippen LogP contribution in [0.5, 0.6) is 0 Å². The maximum absolute atomic E-state index is 13.0. The van der Waals surface area contributed by atoms with E-state index >= 15 is 0 Å². The number of carbonyl (C=O) groups excluding carboxylic acids is 1.